The minimum Gasteiger partial charge on any atom is -0.493 e. The van der Waals surface area contributed by atoms with Crippen LogP contribution in [0.3, 0.4) is 0 Å². The summed E-state index contributed by atoms with van der Waals surface area (Å²) in [6.07, 6.45) is 13.6. The van der Waals surface area contributed by atoms with Crippen LogP contribution in [0, 0.1) is 23.7 Å². The molecule has 0 bridgehead atoms. The van der Waals surface area contributed by atoms with E-state index in [0.29, 0.717) is 71.6 Å². The van der Waals surface area contributed by atoms with E-state index in [-0.39, 0.29) is 35.2 Å². The van der Waals surface area contributed by atoms with Crippen molar-refractivity contribution < 1.29 is 28.5 Å². The van der Waals surface area contributed by atoms with Crippen LogP contribution in [0.1, 0.15) is 131 Å². The minimum atomic E-state index is -0.229. The monoisotopic (exact) mass is 882 g/mol. The first-order valence-corrected chi connectivity index (χ1v) is 23.7. The van der Waals surface area contributed by atoms with E-state index in [2.05, 4.69) is 101 Å². The van der Waals surface area contributed by atoms with Crippen molar-refractivity contribution in [1.29, 1.82) is 0 Å². The topological polar surface area (TPSA) is 108 Å². The molecule has 65 heavy (non-hydrogen) atoms. The summed E-state index contributed by atoms with van der Waals surface area (Å²) in [4.78, 5) is 37.3. The molecule has 4 aromatic carbocycles. The van der Waals surface area contributed by atoms with Crippen LogP contribution in [0.4, 0.5) is 17.1 Å². The van der Waals surface area contributed by atoms with E-state index < -0.39 is 0 Å². The number of carbonyl (C=O) groups is 2. The fourth-order valence-corrected chi connectivity index (χ4v) is 8.48. The number of allylic oxidation sites excluding steroid dienone is 4. The maximum atomic E-state index is 14.0. The highest BCUT2D eigenvalue weighted by atomic mass is 16.5. The van der Waals surface area contributed by atoms with Crippen LogP contribution in [0.25, 0.3) is 11.1 Å². The van der Waals surface area contributed by atoms with Crippen molar-refractivity contribution in [3.8, 4) is 23.0 Å². The first-order valence-electron chi connectivity index (χ1n) is 23.7. The third-order valence-corrected chi connectivity index (χ3v) is 12.6. The molecule has 0 aliphatic carbocycles. The van der Waals surface area contributed by atoms with Gasteiger partial charge in [0.2, 0.25) is 0 Å². The number of aliphatic imine (C=N–C) groups is 2. The molecular weight excluding hydrogens is 811 g/mol. The average Bonchev–Trinajstić information content (AvgIpc) is 3.41. The molecule has 4 aromatic rings. The number of carbonyl (C=O) groups excluding carboxylic acids is 2. The smallest absolute Gasteiger partial charge is 0.168 e. The molecule has 0 spiro atoms. The quantitative estimate of drug-likeness (QED) is 0.105. The summed E-state index contributed by atoms with van der Waals surface area (Å²) in [5.41, 5.74) is 9.51. The lowest BCUT2D eigenvalue weighted by Crippen LogP contribution is -2.28. The van der Waals surface area contributed by atoms with Crippen LogP contribution in [-0.4, -0.2) is 58.0 Å². The van der Waals surface area contributed by atoms with Gasteiger partial charge >= 0.3 is 0 Å². The number of nitrogens with one attached hydrogen (secondary N) is 1. The molecule has 346 valence electrons. The van der Waals surface area contributed by atoms with Crippen molar-refractivity contribution >= 4 is 52.2 Å². The Kier molecular flexibility index (Phi) is 19.2. The number of aryl methyl sites for hydroxylation is 1. The fraction of sp³-hybridized carbons (Fsp3) is 0.429. The van der Waals surface area contributed by atoms with Gasteiger partial charge < -0.3 is 24.3 Å². The van der Waals surface area contributed by atoms with Gasteiger partial charge in [-0.2, -0.15) is 0 Å². The molecule has 0 amide bonds. The zero-order chi connectivity index (χ0) is 46.9. The van der Waals surface area contributed by atoms with Gasteiger partial charge in [0, 0.05) is 72.6 Å². The van der Waals surface area contributed by atoms with Gasteiger partial charge in [-0.05, 0) is 117 Å². The van der Waals surface area contributed by atoms with Crippen molar-refractivity contribution in [3.63, 3.8) is 0 Å². The van der Waals surface area contributed by atoms with Gasteiger partial charge in [0.15, 0.2) is 34.6 Å². The van der Waals surface area contributed by atoms with Gasteiger partial charge in [-0.3, -0.25) is 19.6 Å². The highest BCUT2D eigenvalue weighted by molar-refractivity contribution is 6.04. The molecule has 0 radical (unpaired) electrons. The second-order valence-electron chi connectivity index (χ2n) is 16.6. The molecule has 9 heteroatoms. The molecular formula is C56H71N3O6. The highest BCUT2D eigenvalue weighted by Gasteiger charge is 2.32. The van der Waals surface area contributed by atoms with Gasteiger partial charge in [-0.25, -0.2) is 0 Å². The summed E-state index contributed by atoms with van der Waals surface area (Å²) in [5, 5.41) is 3.36. The molecule has 1 N–H and O–H groups in total. The van der Waals surface area contributed by atoms with Crippen LogP contribution >= 0.6 is 0 Å². The maximum Gasteiger partial charge on any atom is 0.168 e. The van der Waals surface area contributed by atoms with E-state index in [0.717, 1.165) is 49.9 Å². The van der Waals surface area contributed by atoms with Crippen LogP contribution in [0.2, 0.25) is 0 Å². The number of rotatable bonds is 17. The molecule has 6 rings (SSSR count). The number of nitrogens with zero attached hydrogens (tertiary/aromatic N) is 2. The Morgan fingerprint density at radius 2 is 1.28 bits per heavy atom. The minimum absolute atomic E-state index is 0.0392. The summed E-state index contributed by atoms with van der Waals surface area (Å²) in [7, 11) is 3.16. The lowest BCUT2D eigenvalue weighted by molar-refractivity contribution is 0.0878. The van der Waals surface area contributed by atoms with E-state index in [1.807, 2.05) is 45.3 Å². The zero-order valence-electron chi connectivity index (χ0n) is 40.5. The maximum absolute atomic E-state index is 14.0. The normalized spacial score (nSPS) is 18.7. The zero-order valence-corrected chi connectivity index (χ0v) is 40.5. The number of ether oxygens (including phenoxy) is 4. The Morgan fingerprint density at radius 3 is 1.85 bits per heavy atom. The molecule has 9 nitrogen and oxygen atoms in total. The van der Waals surface area contributed by atoms with Crippen molar-refractivity contribution in [2.45, 2.75) is 100 Å². The summed E-state index contributed by atoms with van der Waals surface area (Å²) in [6, 6.07) is 24.4. The van der Waals surface area contributed by atoms with E-state index in [1.54, 1.807) is 26.4 Å². The molecule has 0 fully saturated rings. The van der Waals surface area contributed by atoms with E-state index in [4.69, 9.17) is 28.9 Å². The molecule has 0 saturated carbocycles. The summed E-state index contributed by atoms with van der Waals surface area (Å²) < 4.78 is 24.0. The van der Waals surface area contributed by atoms with Crippen LogP contribution in [-0.2, 0) is 6.42 Å². The van der Waals surface area contributed by atoms with E-state index >= 15 is 0 Å². The lowest BCUT2D eigenvalue weighted by Gasteiger charge is -2.29. The van der Waals surface area contributed by atoms with Gasteiger partial charge in [0.05, 0.1) is 38.8 Å². The van der Waals surface area contributed by atoms with Crippen molar-refractivity contribution in [2.24, 2.45) is 33.7 Å². The Labute approximate surface area is 388 Å². The number of Topliss-reactive ketones (excluding diaryl/α,β-unsaturated/α-hetero) is 2. The molecule has 0 saturated heterocycles. The molecule has 4 atom stereocenters. The number of benzene rings is 4. The van der Waals surface area contributed by atoms with E-state index in [9.17, 15) is 9.59 Å². The lowest BCUT2D eigenvalue weighted by atomic mass is 9.76. The van der Waals surface area contributed by atoms with Gasteiger partial charge in [0.1, 0.15) is 0 Å². The van der Waals surface area contributed by atoms with Gasteiger partial charge in [-0.1, -0.05) is 83.2 Å². The third kappa shape index (κ3) is 12.9. The largest absolute Gasteiger partial charge is 0.493 e. The van der Waals surface area contributed by atoms with E-state index in [1.165, 1.54) is 22.3 Å². The second kappa shape index (κ2) is 24.9. The number of hydrogen-bond acceptors (Lipinski definition) is 9. The highest BCUT2D eigenvalue weighted by Crippen LogP contribution is 2.41. The van der Waals surface area contributed by atoms with Crippen molar-refractivity contribution in [3.05, 3.63) is 113 Å². The number of methoxy groups -OCH3 is 2. The Bertz CT molecular complexity index is 2330. The van der Waals surface area contributed by atoms with Crippen LogP contribution in [0.15, 0.2) is 94.9 Å². The second-order valence-corrected chi connectivity index (χ2v) is 16.6. The molecule has 4 unspecified atom stereocenters. The molecule has 0 aromatic heterocycles. The summed E-state index contributed by atoms with van der Waals surface area (Å²) in [6.45, 7) is 18.1. The summed E-state index contributed by atoms with van der Waals surface area (Å²) in [5.74, 6) is 2.12. The van der Waals surface area contributed by atoms with Gasteiger partial charge in [0.25, 0.3) is 0 Å². The van der Waals surface area contributed by atoms with Crippen LogP contribution in [0.5, 0.6) is 23.0 Å². The number of ketones is 2. The average molecular weight is 882 g/mol. The first-order chi connectivity index (χ1) is 31.6. The van der Waals surface area contributed by atoms with Crippen LogP contribution < -0.4 is 24.3 Å². The Balaban J connectivity index is 0.00000391. The molecule has 2 heterocycles. The number of fused-ring (bicyclic) bond motifs is 2. The first kappa shape index (κ1) is 50.0. The third-order valence-electron chi connectivity index (χ3n) is 12.6. The summed E-state index contributed by atoms with van der Waals surface area (Å²) >= 11 is 0. The standard InChI is InChI=1S/C54H65N3O6.C2H6/c1-9-37-17-19-41(20-18-37)39(10-2)27-38-15-13-16-49(58)45-29-50(60-7)52(31-47(45)56-33-38)62-25-14-26-63-53-32-48-46(30-51(53)61-8)54(59)36(6)35(5)43(34-57-48)28-40(11-3)42-21-23-44(24-22-42)55-12-4;1-2/h10-11,17-24,29-36,38,43,55H,9,12-16,25-28H2,1-8H3;1-2H3/b39-10+,40-11+,56-33?,57-34?;. The van der Waals surface area contributed by atoms with Crippen molar-refractivity contribution in [1.82, 2.24) is 0 Å². The molecule has 2 aliphatic rings. The predicted molar refractivity (Wildman–Crippen MR) is 270 cm³/mol. The van der Waals surface area contributed by atoms with Gasteiger partial charge in [-0.15, -0.1) is 0 Å². The fourth-order valence-electron chi connectivity index (χ4n) is 8.48. The predicted octanol–water partition coefficient (Wildman–Crippen LogP) is 14.0. The number of anilines is 1. The number of hydrogen-bond donors (Lipinski definition) is 1. The van der Waals surface area contributed by atoms with Crippen molar-refractivity contribution in [2.75, 3.05) is 39.3 Å². The Morgan fingerprint density at radius 1 is 0.723 bits per heavy atom. The SMILES string of the molecule is C/C=C(\CC1C=Nc2cc(OCCCOc3cc4c(cc3OC)C(=O)C(C)C(C)C(C/C(=C\C)c3ccc(NCC)cc3)C=N4)c(OC)cc2C(=O)CCC1)c1ccc(CC)cc1.CC. The molecule has 2 aliphatic heterocycles. The Hall–Kier alpha value is -5.96.